The molecule has 0 amide bonds. The van der Waals surface area contributed by atoms with Gasteiger partial charge in [-0.1, -0.05) is 6.08 Å². The maximum atomic E-state index is 10.2. The molecule has 2 bridgehead atoms. The van der Waals surface area contributed by atoms with Gasteiger partial charge in [0.25, 0.3) is 0 Å². The third-order valence-electron chi connectivity index (χ3n) is 8.43. The van der Waals surface area contributed by atoms with Gasteiger partial charge in [-0.3, -0.25) is 0 Å². The lowest BCUT2D eigenvalue weighted by atomic mass is 9.65. The van der Waals surface area contributed by atoms with Crippen LogP contribution in [-0.2, 0) is 14.2 Å². The molecular weight excluding hydrogens is 432 g/mol. The molecule has 6 heteroatoms. The zero-order valence-electron chi connectivity index (χ0n) is 21.0. The molecule has 34 heavy (non-hydrogen) atoms. The van der Waals surface area contributed by atoms with Crippen molar-refractivity contribution in [3.63, 3.8) is 0 Å². The number of fused-ring (bicyclic) bond motifs is 5. The molecule has 1 heterocycles. The molecule has 0 spiro atoms. The van der Waals surface area contributed by atoms with Crippen molar-refractivity contribution in [3.05, 3.63) is 29.3 Å². The second-order valence-corrected chi connectivity index (χ2v) is 11.2. The Morgan fingerprint density at radius 1 is 1.03 bits per heavy atom. The van der Waals surface area contributed by atoms with Crippen molar-refractivity contribution in [1.82, 2.24) is 0 Å². The molecule has 2 fully saturated rings. The summed E-state index contributed by atoms with van der Waals surface area (Å²) in [6, 6.07) is 4.43. The Balaban J connectivity index is 1.53. The van der Waals surface area contributed by atoms with Crippen molar-refractivity contribution in [2.24, 2.45) is 17.8 Å². The van der Waals surface area contributed by atoms with Gasteiger partial charge in [-0.25, -0.2) is 0 Å². The van der Waals surface area contributed by atoms with Crippen molar-refractivity contribution in [3.8, 4) is 11.5 Å². The highest BCUT2D eigenvalue weighted by Crippen LogP contribution is 2.56. The highest BCUT2D eigenvalue weighted by molar-refractivity contribution is 5.71. The van der Waals surface area contributed by atoms with Gasteiger partial charge in [0, 0.05) is 31.6 Å². The summed E-state index contributed by atoms with van der Waals surface area (Å²) in [7, 11) is 3.33. The molecule has 1 aliphatic heterocycles. The van der Waals surface area contributed by atoms with Gasteiger partial charge in [0.1, 0.15) is 23.9 Å². The predicted molar refractivity (Wildman–Crippen MR) is 130 cm³/mol. The fraction of sp³-hybridized carbons (Fsp3) is 0.714. The summed E-state index contributed by atoms with van der Waals surface area (Å²) in [6.07, 6.45) is 9.35. The second-order valence-electron chi connectivity index (χ2n) is 11.2. The third-order valence-corrected chi connectivity index (χ3v) is 8.43. The molecule has 0 saturated heterocycles. The van der Waals surface area contributed by atoms with Crippen molar-refractivity contribution < 1.29 is 28.8 Å². The van der Waals surface area contributed by atoms with Gasteiger partial charge in [-0.15, -0.1) is 0 Å². The molecule has 1 aromatic carbocycles. The monoisotopic (exact) mass is 472 g/mol. The Bertz CT molecular complexity index is 908. The number of benzene rings is 1. The first kappa shape index (κ1) is 24.1. The van der Waals surface area contributed by atoms with Gasteiger partial charge in [0.2, 0.25) is 0 Å². The van der Waals surface area contributed by atoms with Crippen LogP contribution in [0.3, 0.4) is 0 Å². The highest BCUT2D eigenvalue weighted by Gasteiger charge is 2.48. The summed E-state index contributed by atoms with van der Waals surface area (Å²) in [5.41, 5.74) is 3.42. The smallest absolute Gasteiger partial charge is 0.188 e. The van der Waals surface area contributed by atoms with E-state index in [2.05, 4.69) is 32.1 Å². The first-order valence-corrected chi connectivity index (χ1v) is 12.9. The van der Waals surface area contributed by atoms with Crippen LogP contribution < -0.4 is 9.47 Å². The van der Waals surface area contributed by atoms with E-state index >= 15 is 0 Å². The lowest BCUT2D eigenvalue weighted by Crippen LogP contribution is -2.48. The van der Waals surface area contributed by atoms with E-state index < -0.39 is 0 Å². The average molecular weight is 473 g/mol. The Morgan fingerprint density at radius 3 is 2.62 bits per heavy atom. The van der Waals surface area contributed by atoms with E-state index in [-0.39, 0.29) is 24.6 Å². The lowest BCUT2D eigenvalue weighted by Gasteiger charge is -2.49. The number of hydrogen-bond donors (Lipinski definition) is 1. The van der Waals surface area contributed by atoms with Crippen LogP contribution in [0.25, 0.3) is 5.57 Å². The minimum absolute atomic E-state index is 0.161. The first-order chi connectivity index (χ1) is 16.4. The van der Waals surface area contributed by atoms with Gasteiger partial charge in [0.15, 0.2) is 6.79 Å². The van der Waals surface area contributed by atoms with E-state index in [1.54, 1.807) is 14.2 Å². The summed E-state index contributed by atoms with van der Waals surface area (Å²) in [6.45, 7) is 4.97. The molecule has 0 aromatic heterocycles. The second kappa shape index (κ2) is 9.81. The van der Waals surface area contributed by atoms with Gasteiger partial charge < -0.3 is 28.8 Å². The average Bonchev–Trinajstić information content (AvgIpc) is 2.79. The number of ether oxygens (including phenoxy) is 5. The molecule has 5 rings (SSSR count). The maximum Gasteiger partial charge on any atom is 0.188 e. The van der Waals surface area contributed by atoms with Crippen molar-refractivity contribution in [1.29, 1.82) is 0 Å². The predicted octanol–water partition coefficient (Wildman–Crippen LogP) is 5.28. The Labute approximate surface area is 203 Å². The van der Waals surface area contributed by atoms with Crippen molar-refractivity contribution >= 4 is 5.57 Å². The van der Waals surface area contributed by atoms with Crippen molar-refractivity contribution in [2.75, 3.05) is 27.8 Å². The van der Waals surface area contributed by atoms with Gasteiger partial charge in [0.05, 0.1) is 12.2 Å². The van der Waals surface area contributed by atoms with E-state index in [1.165, 1.54) is 17.6 Å². The third kappa shape index (κ3) is 4.75. The van der Waals surface area contributed by atoms with Crippen LogP contribution in [0.4, 0.5) is 0 Å². The Hall–Kier alpha value is -1.60. The molecule has 2 saturated carbocycles. The summed E-state index contributed by atoms with van der Waals surface area (Å²) >= 11 is 0. The number of aliphatic hydroxyl groups is 1. The normalized spacial score (nSPS) is 33.9. The summed E-state index contributed by atoms with van der Waals surface area (Å²) in [5.74, 6) is 3.49. The first-order valence-electron chi connectivity index (χ1n) is 12.9. The molecule has 188 valence electrons. The minimum atomic E-state index is -0.261. The lowest BCUT2D eigenvalue weighted by molar-refractivity contribution is -0.105. The maximum absolute atomic E-state index is 10.2. The van der Waals surface area contributed by atoms with Gasteiger partial charge in [-0.05, 0) is 93.9 Å². The molecule has 1 N–H and O–H groups in total. The number of methoxy groups -OCH3 is 2. The topological polar surface area (TPSA) is 66.4 Å². The summed E-state index contributed by atoms with van der Waals surface area (Å²) < 4.78 is 29.4. The highest BCUT2D eigenvalue weighted by atomic mass is 16.7. The molecule has 0 radical (unpaired) electrons. The van der Waals surface area contributed by atoms with E-state index in [0.717, 1.165) is 55.6 Å². The van der Waals surface area contributed by atoms with E-state index in [0.29, 0.717) is 30.5 Å². The van der Waals surface area contributed by atoms with Crippen LogP contribution in [-0.4, -0.2) is 50.7 Å². The molecule has 6 nitrogen and oxygen atoms in total. The van der Waals surface area contributed by atoms with Gasteiger partial charge in [-0.2, -0.15) is 0 Å². The van der Waals surface area contributed by atoms with Crippen molar-refractivity contribution in [2.45, 2.75) is 82.5 Å². The van der Waals surface area contributed by atoms with Crippen LogP contribution >= 0.6 is 0 Å². The quantitative estimate of drug-likeness (QED) is 0.545. The largest absolute Gasteiger partial charge is 0.487 e. The summed E-state index contributed by atoms with van der Waals surface area (Å²) in [4.78, 5) is 0. The molecular formula is C28H40O6. The number of hydrogen-bond acceptors (Lipinski definition) is 6. The van der Waals surface area contributed by atoms with E-state index in [1.807, 2.05) is 0 Å². The van der Waals surface area contributed by atoms with Gasteiger partial charge >= 0.3 is 0 Å². The summed E-state index contributed by atoms with van der Waals surface area (Å²) in [5, 5.41) is 10.2. The van der Waals surface area contributed by atoms with Crippen LogP contribution in [0, 0.1) is 17.8 Å². The van der Waals surface area contributed by atoms with Crippen LogP contribution in [0.2, 0.25) is 0 Å². The minimum Gasteiger partial charge on any atom is -0.487 e. The van der Waals surface area contributed by atoms with E-state index in [9.17, 15) is 5.11 Å². The molecule has 1 aromatic rings. The number of allylic oxidation sites excluding steroid dienone is 2. The standard InChI is InChI=1S/C28H40O6/c1-28(2)24-6-5-22(32-15-30-3)14-23(24)27-25(33-16-31-4)12-20(13-26(27)34-28)19-8-17-7-18(9-19)11-21(29)10-17/h8,12-13,17-18,21-24,29H,5-7,9-11,14-16H2,1-4H3/t17-,18+,21+,22+,23-,24-/m1/s1. The number of aliphatic hydroxyl groups excluding tert-OH is 1. The van der Waals surface area contributed by atoms with Crippen LogP contribution in [0.1, 0.15) is 75.8 Å². The van der Waals surface area contributed by atoms with Crippen LogP contribution in [0.15, 0.2) is 18.2 Å². The number of rotatable bonds is 7. The fourth-order valence-corrected chi connectivity index (χ4v) is 7.07. The van der Waals surface area contributed by atoms with E-state index in [4.69, 9.17) is 23.7 Å². The Kier molecular flexibility index (Phi) is 6.95. The zero-order chi connectivity index (χ0) is 23.9. The SMILES string of the molecule is COCOc1cc(C2=C[C@@H]3C[C@H](O)C[C@H](C2)C3)cc2c1[C@@H]1C[C@@H](OCOC)CC[C@H]1C(C)(C)O2. The molecule has 0 unspecified atom stereocenters. The zero-order valence-corrected chi connectivity index (χ0v) is 21.0. The molecule has 3 aliphatic carbocycles. The molecule has 4 aliphatic rings. The van der Waals surface area contributed by atoms with Crippen LogP contribution in [0.5, 0.6) is 11.5 Å². The fourth-order valence-electron chi connectivity index (χ4n) is 7.07. The molecule has 6 atom stereocenters. The Morgan fingerprint density at radius 2 is 1.85 bits per heavy atom.